The summed E-state index contributed by atoms with van der Waals surface area (Å²) in [5.41, 5.74) is 5.38. The van der Waals surface area contributed by atoms with Crippen molar-refractivity contribution in [2.45, 2.75) is 44.6 Å². The van der Waals surface area contributed by atoms with Crippen molar-refractivity contribution >= 4 is 5.91 Å². The molecule has 0 radical (unpaired) electrons. The molecule has 1 heterocycles. The number of rotatable bonds is 4. The first-order valence-electron chi connectivity index (χ1n) is 4.82. The summed E-state index contributed by atoms with van der Waals surface area (Å²) in [6, 6.07) is 0.429. The van der Waals surface area contributed by atoms with Gasteiger partial charge in [-0.05, 0) is 32.2 Å². The van der Waals surface area contributed by atoms with Crippen molar-refractivity contribution in [1.29, 1.82) is 0 Å². The highest BCUT2D eigenvalue weighted by atomic mass is 16.1. The average Bonchev–Trinajstić information content (AvgIpc) is 2.05. The van der Waals surface area contributed by atoms with Crippen molar-refractivity contribution < 1.29 is 4.79 Å². The van der Waals surface area contributed by atoms with Gasteiger partial charge >= 0.3 is 0 Å². The minimum absolute atomic E-state index is 0.221. The molecular weight excluding hydrogens is 152 g/mol. The van der Waals surface area contributed by atoms with Crippen molar-refractivity contribution in [3.63, 3.8) is 0 Å². The predicted octanol–water partition coefficient (Wildman–Crippen LogP) is 0.784. The van der Waals surface area contributed by atoms with Crippen molar-refractivity contribution in [1.82, 2.24) is 5.32 Å². The van der Waals surface area contributed by atoms with Gasteiger partial charge in [0, 0.05) is 12.5 Å². The van der Waals surface area contributed by atoms with Crippen LogP contribution < -0.4 is 11.1 Å². The van der Waals surface area contributed by atoms with Gasteiger partial charge in [-0.3, -0.25) is 4.79 Å². The lowest BCUT2D eigenvalue weighted by molar-refractivity contribution is -0.123. The highest BCUT2D eigenvalue weighted by Gasteiger charge is 2.16. The molecule has 1 unspecified atom stereocenters. The van der Waals surface area contributed by atoms with Gasteiger partial charge < -0.3 is 11.1 Å². The second kappa shape index (κ2) is 5.14. The second-order valence-corrected chi connectivity index (χ2v) is 3.44. The van der Waals surface area contributed by atoms with Gasteiger partial charge in [0.05, 0.1) is 0 Å². The normalized spacial score (nSPS) is 23.8. The van der Waals surface area contributed by atoms with E-state index in [0.717, 1.165) is 38.6 Å². The van der Waals surface area contributed by atoms with Gasteiger partial charge in [-0.1, -0.05) is 6.42 Å². The molecule has 1 fully saturated rings. The fraction of sp³-hybridized carbons (Fsp3) is 0.889. The Morgan fingerprint density at radius 1 is 1.50 bits per heavy atom. The van der Waals surface area contributed by atoms with Crippen molar-refractivity contribution in [2.24, 2.45) is 5.73 Å². The monoisotopic (exact) mass is 170 g/mol. The summed E-state index contributed by atoms with van der Waals surface area (Å²) in [5, 5.41) is 3.00. The molecule has 0 aromatic carbocycles. The van der Waals surface area contributed by atoms with Crippen LogP contribution in [0.25, 0.3) is 0 Å². The van der Waals surface area contributed by atoms with E-state index in [4.69, 9.17) is 5.73 Å². The molecule has 1 atom stereocenters. The van der Waals surface area contributed by atoms with Crippen LogP contribution in [0.5, 0.6) is 0 Å². The molecule has 1 rings (SSSR count). The van der Waals surface area contributed by atoms with Crippen LogP contribution in [-0.4, -0.2) is 18.5 Å². The Kier molecular flexibility index (Phi) is 4.08. The van der Waals surface area contributed by atoms with E-state index in [-0.39, 0.29) is 5.91 Å². The Balaban J connectivity index is 2.10. The number of hydrogen-bond acceptors (Lipinski definition) is 2. The molecule has 3 heteroatoms. The molecule has 1 aliphatic heterocycles. The van der Waals surface area contributed by atoms with E-state index in [0.29, 0.717) is 12.5 Å². The van der Waals surface area contributed by atoms with Crippen LogP contribution in [0.3, 0.4) is 0 Å². The summed E-state index contributed by atoms with van der Waals surface area (Å²) >= 11 is 0. The molecule has 0 aliphatic carbocycles. The zero-order chi connectivity index (χ0) is 8.81. The maximum atomic E-state index is 11.0. The van der Waals surface area contributed by atoms with Crippen LogP contribution in [0.1, 0.15) is 38.5 Å². The lowest BCUT2D eigenvalue weighted by Crippen LogP contribution is -2.38. The fourth-order valence-electron chi connectivity index (χ4n) is 1.63. The van der Waals surface area contributed by atoms with Gasteiger partial charge in [-0.15, -0.1) is 0 Å². The highest BCUT2D eigenvalue weighted by Crippen LogP contribution is 2.13. The van der Waals surface area contributed by atoms with E-state index in [1.54, 1.807) is 0 Å². The largest absolute Gasteiger partial charge is 0.353 e. The van der Waals surface area contributed by atoms with Crippen LogP contribution in [0.2, 0.25) is 0 Å². The summed E-state index contributed by atoms with van der Waals surface area (Å²) in [7, 11) is 0. The Morgan fingerprint density at radius 2 is 2.33 bits per heavy atom. The maximum absolute atomic E-state index is 11.0. The molecule has 3 nitrogen and oxygen atoms in total. The second-order valence-electron chi connectivity index (χ2n) is 3.44. The zero-order valence-corrected chi connectivity index (χ0v) is 7.51. The van der Waals surface area contributed by atoms with Crippen LogP contribution >= 0.6 is 0 Å². The highest BCUT2D eigenvalue weighted by molar-refractivity contribution is 5.76. The van der Waals surface area contributed by atoms with Crippen molar-refractivity contribution in [2.75, 3.05) is 6.54 Å². The fourth-order valence-corrected chi connectivity index (χ4v) is 1.63. The molecular formula is C9H18N2O. The van der Waals surface area contributed by atoms with E-state index in [1.165, 1.54) is 0 Å². The molecule has 0 spiro atoms. The molecule has 12 heavy (non-hydrogen) atoms. The lowest BCUT2D eigenvalue weighted by Gasteiger charge is -2.22. The summed E-state index contributed by atoms with van der Waals surface area (Å²) in [6.07, 6.45) is 6.24. The Hall–Kier alpha value is -0.570. The zero-order valence-electron chi connectivity index (χ0n) is 7.51. The number of carbonyl (C=O) groups excluding carboxylic acids is 1. The minimum Gasteiger partial charge on any atom is -0.353 e. The first-order valence-corrected chi connectivity index (χ1v) is 4.82. The molecule has 1 saturated heterocycles. The van der Waals surface area contributed by atoms with Crippen LogP contribution in [0.15, 0.2) is 0 Å². The molecule has 0 aromatic rings. The molecule has 3 N–H and O–H groups in total. The maximum Gasteiger partial charge on any atom is 0.220 e. The first kappa shape index (κ1) is 9.52. The number of unbranched alkanes of at least 4 members (excludes halogenated alkanes) is 1. The number of nitrogens with one attached hydrogen (secondary N) is 1. The topological polar surface area (TPSA) is 55.1 Å². The van der Waals surface area contributed by atoms with Gasteiger partial charge in [0.25, 0.3) is 0 Å². The average molecular weight is 170 g/mol. The van der Waals surface area contributed by atoms with Gasteiger partial charge in [-0.25, -0.2) is 0 Å². The Bertz CT molecular complexity index is 147. The van der Waals surface area contributed by atoms with E-state index in [9.17, 15) is 4.79 Å². The van der Waals surface area contributed by atoms with Gasteiger partial charge in [-0.2, -0.15) is 0 Å². The minimum atomic E-state index is 0.221. The van der Waals surface area contributed by atoms with Crippen molar-refractivity contribution in [3.8, 4) is 0 Å². The molecule has 0 bridgehead atoms. The summed E-state index contributed by atoms with van der Waals surface area (Å²) in [6.45, 7) is 0.765. The van der Waals surface area contributed by atoms with Crippen LogP contribution in [0, 0.1) is 0 Å². The molecule has 0 saturated carbocycles. The number of carbonyl (C=O) groups is 1. The third-order valence-corrected chi connectivity index (χ3v) is 2.33. The van der Waals surface area contributed by atoms with Crippen molar-refractivity contribution in [3.05, 3.63) is 0 Å². The third-order valence-electron chi connectivity index (χ3n) is 2.33. The Morgan fingerprint density at radius 3 is 3.00 bits per heavy atom. The SMILES string of the molecule is NCCCCC1CCCC(=O)N1. The van der Waals surface area contributed by atoms with Gasteiger partial charge in [0.15, 0.2) is 0 Å². The Labute approximate surface area is 73.7 Å². The molecule has 0 aromatic heterocycles. The first-order chi connectivity index (χ1) is 5.83. The van der Waals surface area contributed by atoms with E-state index in [1.807, 2.05) is 0 Å². The van der Waals surface area contributed by atoms with E-state index in [2.05, 4.69) is 5.32 Å². The lowest BCUT2D eigenvalue weighted by atomic mass is 9.99. The quantitative estimate of drug-likeness (QED) is 0.613. The number of piperidine rings is 1. The van der Waals surface area contributed by atoms with E-state index < -0.39 is 0 Å². The predicted molar refractivity (Wildman–Crippen MR) is 48.7 cm³/mol. The number of hydrogen-bond donors (Lipinski definition) is 2. The van der Waals surface area contributed by atoms with Crippen LogP contribution in [-0.2, 0) is 4.79 Å². The van der Waals surface area contributed by atoms with Crippen LogP contribution in [0.4, 0.5) is 0 Å². The smallest absolute Gasteiger partial charge is 0.220 e. The summed E-state index contributed by atoms with van der Waals surface area (Å²) in [4.78, 5) is 11.0. The number of amides is 1. The molecule has 70 valence electrons. The molecule has 1 amide bonds. The summed E-state index contributed by atoms with van der Waals surface area (Å²) < 4.78 is 0. The summed E-state index contributed by atoms with van der Waals surface area (Å²) in [5.74, 6) is 0.221. The van der Waals surface area contributed by atoms with E-state index >= 15 is 0 Å². The van der Waals surface area contributed by atoms with Gasteiger partial charge in [0.1, 0.15) is 0 Å². The van der Waals surface area contributed by atoms with Gasteiger partial charge in [0.2, 0.25) is 5.91 Å². The number of nitrogens with two attached hydrogens (primary N) is 1. The standard InChI is InChI=1S/C9H18N2O/c10-7-2-1-4-8-5-3-6-9(12)11-8/h8H,1-7,10H2,(H,11,12). The third kappa shape index (κ3) is 3.22. The molecule has 1 aliphatic rings.